The summed E-state index contributed by atoms with van der Waals surface area (Å²) in [5.74, 6) is -8.09. The Morgan fingerprint density at radius 2 is 1.67 bits per heavy atom. The van der Waals surface area contributed by atoms with Crippen molar-refractivity contribution in [3.63, 3.8) is 0 Å². The second-order valence-corrected chi connectivity index (χ2v) is 16.0. The van der Waals surface area contributed by atoms with Crippen molar-refractivity contribution in [2.24, 2.45) is 28.6 Å². The van der Waals surface area contributed by atoms with Gasteiger partial charge in [-0.15, -0.1) is 0 Å². The number of aliphatic hydroxyl groups is 6. The highest BCUT2D eigenvalue weighted by Gasteiger charge is 2.85. The zero-order valence-corrected chi connectivity index (χ0v) is 30.9. The summed E-state index contributed by atoms with van der Waals surface area (Å²) in [6.45, 7) is 7.94. The summed E-state index contributed by atoms with van der Waals surface area (Å²) < 4.78 is 39.6. The molecule has 18 heteroatoms. The van der Waals surface area contributed by atoms with Crippen LogP contribution in [-0.4, -0.2) is 147 Å². The molecule has 2 saturated carbocycles. The Kier molecular flexibility index (Phi) is 10.1. The van der Waals surface area contributed by atoms with Gasteiger partial charge in [-0.25, -0.2) is 14.4 Å². The number of carbonyl (C=O) groups excluding carboxylic acids is 5. The molecule has 2 bridgehead atoms. The maximum absolute atomic E-state index is 14.1. The monoisotopic (exact) mass is 768 g/mol. The number of hydrogen-bond donors (Lipinski definition) is 6. The first-order valence-corrected chi connectivity index (χ1v) is 17.7. The van der Waals surface area contributed by atoms with E-state index in [1.807, 2.05) is 0 Å². The predicted molar refractivity (Wildman–Crippen MR) is 175 cm³/mol. The molecule has 6 aliphatic rings. The van der Waals surface area contributed by atoms with Crippen LogP contribution in [0.3, 0.4) is 0 Å². The average molecular weight is 769 g/mol. The predicted octanol–water partition coefficient (Wildman–Crippen LogP) is -1.90. The van der Waals surface area contributed by atoms with Crippen LogP contribution >= 0.6 is 0 Å². The molecule has 0 unspecified atom stereocenters. The molecule has 3 aliphatic carbocycles. The van der Waals surface area contributed by atoms with Crippen molar-refractivity contribution in [3.05, 3.63) is 23.0 Å². The summed E-state index contributed by atoms with van der Waals surface area (Å²) in [6, 6.07) is 0. The van der Waals surface area contributed by atoms with Crippen molar-refractivity contribution in [1.82, 2.24) is 0 Å². The molecule has 0 aromatic carbocycles. The number of allylic oxidation sites excluding steroid dienone is 2. The fourth-order valence-corrected chi connectivity index (χ4v) is 10.2. The lowest BCUT2D eigenvalue weighted by Gasteiger charge is -2.67. The van der Waals surface area contributed by atoms with Gasteiger partial charge in [-0.05, 0) is 56.6 Å². The highest BCUT2D eigenvalue weighted by molar-refractivity contribution is 5.96. The third-order valence-corrected chi connectivity index (χ3v) is 12.8. The van der Waals surface area contributed by atoms with Crippen molar-refractivity contribution in [3.8, 4) is 0 Å². The number of methoxy groups -OCH3 is 1. The molecular weight excluding hydrogens is 720 g/mol. The summed E-state index contributed by atoms with van der Waals surface area (Å²) >= 11 is 0. The molecule has 3 aliphatic heterocycles. The Bertz CT molecular complexity index is 1670. The molecule has 0 aromatic heterocycles. The Labute approximate surface area is 309 Å². The van der Waals surface area contributed by atoms with E-state index < -0.39 is 131 Å². The van der Waals surface area contributed by atoms with Gasteiger partial charge in [-0.2, -0.15) is 0 Å². The number of Topliss-reactive ketones (excluding diaryl/α,β-unsaturated/α-hetero) is 1. The van der Waals surface area contributed by atoms with Crippen LogP contribution in [0.2, 0.25) is 0 Å². The zero-order chi connectivity index (χ0) is 40.0. The van der Waals surface area contributed by atoms with Crippen LogP contribution in [0.1, 0.15) is 54.4 Å². The van der Waals surface area contributed by atoms with E-state index in [-0.39, 0.29) is 30.8 Å². The fraction of sp³-hybridized carbons (Fsp3) is 0.750. The molecule has 6 N–H and O–H groups in total. The Morgan fingerprint density at radius 1 is 1.00 bits per heavy atom. The lowest BCUT2D eigenvalue weighted by atomic mass is 9.38. The normalized spacial score (nSPS) is 44.4. The summed E-state index contributed by atoms with van der Waals surface area (Å²) in [5.41, 5.74) is -5.89. The van der Waals surface area contributed by atoms with Gasteiger partial charge in [-0.3, -0.25) is 9.59 Å². The Balaban J connectivity index is 1.41. The van der Waals surface area contributed by atoms with Crippen LogP contribution in [0.4, 0.5) is 0 Å². The van der Waals surface area contributed by atoms with Crippen LogP contribution in [0.5, 0.6) is 0 Å². The Morgan fingerprint density at radius 3 is 2.28 bits per heavy atom. The zero-order valence-electron chi connectivity index (χ0n) is 30.9. The molecule has 0 aromatic rings. The molecule has 15 atom stereocenters. The first-order valence-electron chi connectivity index (χ1n) is 17.7. The maximum atomic E-state index is 14.1. The molecule has 3 heterocycles. The quantitative estimate of drug-likeness (QED) is 0.0894. The summed E-state index contributed by atoms with van der Waals surface area (Å²) in [6.07, 6.45) is -14.4. The van der Waals surface area contributed by atoms with Crippen molar-refractivity contribution in [2.45, 2.75) is 121 Å². The van der Waals surface area contributed by atoms with Crippen molar-refractivity contribution in [1.29, 1.82) is 0 Å². The lowest BCUT2D eigenvalue weighted by molar-refractivity contribution is -0.296. The summed E-state index contributed by atoms with van der Waals surface area (Å²) in [4.78, 5) is 66.9. The summed E-state index contributed by atoms with van der Waals surface area (Å²) in [5, 5.41) is 64.8. The smallest absolute Gasteiger partial charge is 0.348 e. The fourth-order valence-electron chi connectivity index (χ4n) is 10.2. The van der Waals surface area contributed by atoms with Gasteiger partial charge >= 0.3 is 23.9 Å². The van der Waals surface area contributed by atoms with Crippen LogP contribution in [0.15, 0.2) is 23.0 Å². The minimum absolute atomic E-state index is 0.0183. The van der Waals surface area contributed by atoms with Crippen LogP contribution in [-0.2, 0) is 57.1 Å². The van der Waals surface area contributed by atoms with Gasteiger partial charge in [-0.1, -0.05) is 6.92 Å². The molecule has 0 amide bonds. The topological polar surface area (TPSA) is 271 Å². The number of fused-ring (bicyclic) bond motifs is 2. The van der Waals surface area contributed by atoms with E-state index in [2.05, 4.69) is 0 Å². The molecular formula is C36H48O18. The van der Waals surface area contributed by atoms with Crippen LogP contribution in [0.25, 0.3) is 0 Å². The van der Waals surface area contributed by atoms with E-state index in [1.54, 1.807) is 13.8 Å². The SMILES string of the molecule is COC(=O)[C@@]12OC[C@]34[C@H]([C@@H](O)[C@H]1O)[C@]1(C)CC(=O)C(O[C@@H]5O[C@H](CO)[C@@H](O)[C@H](O)[C@H]5O)=C(C)[C@H]1C[C@H]3OC(=O)[C@@H](OC(=O)/C=C(\C)C(C)(C)OC(C)=O)[C@@H]24. The van der Waals surface area contributed by atoms with E-state index in [9.17, 15) is 54.6 Å². The lowest BCUT2D eigenvalue weighted by Crippen LogP contribution is -2.79. The summed E-state index contributed by atoms with van der Waals surface area (Å²) in [7, 11) is 1.03. The van der Waals surface area contributed by atoms with E-state index in [0.29, 0.717) is 5.57 Å². The van der Waals surface area contributed by atoms with Crippen molar-refractivity contribution >= 4 is 29.7 Å². The second-order valence-electron chi connectivity index (χ2n) is 16.0. The van der Waals surface area contributed by atoms with Crippen molar-refractivity contribution in [2.75, 3.05) is 20.3 Å². The number of esters is 4. The molecule has 1 spiro atoms. The van der Waals surface area contributed by atoms with E-state index in [4.69, 9.17) is 33.2 Å². The number of rotatable bonds is 8. The van der Waals surface area contributed by atoms with Gasteiger partial charge in [0.25, 0.3) is 0 Å². The van der Waals surface area contributed by atoms with Gasteiger partial charge in [0.1, 0.15) is 42.2 Å². The van der Waals surface area contributed by atoms with Gasteiger partial charge in [0.05, 0.1) is 32.3 Å². The van der Waals surface area contributed by atoms with E-state index in [0.717, 1.165) is 13.2 Å². The highest BCUT2D eigenvalue weighted by Crippen LogP contribution is 2.73. The molecule has 5 fully saturated rings. The molecule has 6 rings (SSSR count). The second kappa shape index (κ2) is 13.6. The van der Waals surface area contributed by atoms with Gasteiger partial charge < -0.3 is 63.8 Å². The number of carbonyl (C=O) groups is 5. The average Bonchev–Trinajstić information content (AvgIpc) is 3.40. The van der Waals surface area contributed by atoms with Crippen molar-refractivity contribution < 1.29 is 87.8 Å². The van der Waals surface area contributed by atoms with Gasteiger partial charge in [0, 0.05) is 30.8 Å². The van der Waals surface area contributed by atoms with Gasteiger partial charge in [0.15, 0.2) is 11.5 Å². The largest absolute Gasteiger partial charge is 0.467 e. The third-order valence-electron chi connectivity index (χ3n) is 12.8. The molecule has 18 nitrogen and oxygen atoms in total. The molecule has 0 radical (unpaired) electrons. The number of ether oxygens (including phenoxy) is 7. The minimum Gasteiger partial charge on any atom is -0.467 e. The van der Waals surface area contributed by atoms with Crippen LogP contribution in [0, 0.1) is 28.6 Å². The first kappa shape index (κ1) is 40.2. The Hall–Kier alpha value is -3.49. The molecule has 54 heavy (non-hydrogen) atoms. The number of hydrogen-bond acceptors (Lipinski definition) is 18. The number of aliphatic hydroxyl groups excluding tert-OH is 6. The van der Waals surface area contributed by atoms with Gasteiger partial charge in [0.2, 0.25) is 18.0 Å². The van der Waals surface area contributed by atoms with Crippen LogP contribution < -0.4 is 0 Å². The standard InChI is InChI=1S/C36H48O18/c1-13(33(4,5)54-15(3)38)8-20(40)52-26-28-35-12-49-36(28,32(47)48-7)29(45)24(44)27(35)34(6)10-17(39)25(14(2)16(34)9-19(35)51-30(26)46)53-31-23(43)22(42)21(41)18(11-37)50-31/h8,16,18-19,21-24,26-29,31,37,41-45H,9-12H2,1-7H3/b13-8+/t16-,18-,19-,21-,22+,23-,24-,26+,27-,28-,29-,31+,34-,35-,36+/m1/s1. The number of ketones is 1. The van der Waals surface area contributed by atoms with E-state index in [1.165, 1.54) is 27.7 Å². The van der Waals surface area contributed by atoms with E-state index >= 15 is 0 Å². The highest BCUT2D eigenvalue weighted by atomic mass is 16.7. The molecule has 3 saturated heterocycles. The minimum atomic E-state index is -2.41. The first-order chi connectivity index (χ1) is 25.1. The third kappa shape index (κ3) is 5.63. The molecule has 300 valence electrons. The maximum Gasteiger partial charge on any atom is 0.348 e.